The molecule has 0 bridgehead atoms. The lowest BCUT2D eigenvalue weighted by molar-refractivity contribution is 0.0960. The van der Waals surface area contributed by atoms with Crippen LogP contribution in [0, 0.1) is 20.8 Å². The second-order valence-corrected chi connectivity index (χ2v) is 11.5. The SMILES string of the molecule is Cc1cc2c(CO)c3c(c(O)c2c(C)c1C=O)C(=O)CCC3.Cc1cc2c(CO)c3c(c(O)c2c(O)c1C=O)C(=O)CCC3.Cl. The fraction of sp³-hybridized carbons (Fsp3) is 0.314. The monoisotopic (exact) mass is 634 g/mol. The van der Waals surface area contributed by atoms with Gasteiger partial charge in [0.15, 0.2) is 24.1 Å². The number of aldehydes is 2. The second kappa shape index (κ2) is 13.0. The number of aryl methyl sites for hydroxylation is 3. The van der Waals surface area contributed by atoms with Gasteiger partial charge in [0, 0.05) is 23.8 Å². The summed E-state index contributed by atoms with van der Waals surface area (Å²) in [5.41, 5.74) is 5.72. The fourth-order valence-electron chi connectivity index (χ4n) is 6.94. The number of Topliss-reactive ketones (excluding diaryl/α,β-unsaturated/α-hetero) is 2. The second-order valence-electron chi connectivity index (χ2n) is 11.5. The molecule has 0 saturated heterocycles. The van der Waals surface area contributed by atoms with Gasteiger partial charge in [-0.15, -0.1) is 12.4 Å². The van der Waals surface area contributed by atoms with Crippen LogP contribution in [-0.4, -0.2) is 49.7 Å². The third-order valence-corrected chi connectivity index (χ3v) is 9.08. The zero-order valence-corrected chi connectivity index (χ0v) is 26.1. The van der Waals surface area contributed by atoms with E-state index in [0.717, 1.165) is 29.2 Å². The molecule has 0 radical (unpaired) electrons. The van der Waals surface area contributed by atoms with Crippen molar-refractivity contribution in [3.8, 4) is 17.2 Å². The lowest BCUT2D eigenvalue weighted by Gasteiger charge is -2.23. The van der Waals surface area contributed by atoms with Crippen molar-refractivity contribution in [2.75, 3.05) is 0 Å². The number of aliphatic hydroxyl groups is 2. The number of aromatic hydroxyl groups is 3. The number of aliphatic hydroxyl groups excluding tert-OH is 2. The molecular weight excluding hydrogens is 600 g/mol. The molecule has 4 aromatic rings. The lowest BCUT2D eigenvalue weighted by atomic mass is 9.81. The largest absolute Gasteiger partial charge is 0.507 e. The molecule has 2 aliphatic carbocycles. The molecule has 10 heteroatoms. The zero-order valence-electron chi connectivity index (χ0n) is 25.2. The van der Waals surface area contributed by atoms with Gasteiger partial charge < -0.3 is 25.5 Å². The van der Waals surface area contributed by atoms with Gasteiger partial charge in [-0.25, -0.2) is 0 Å². The van der Waals surface area contributed by atoms with Crippen molar-refractivity contribution in [3.05, 3.63) is 73.3 Å². The third kappa shape index (κ3) is 5.24. The average Bonchev–Trinajstić information content (AvgIpc) is 2.98. The van der Waals surface area contributed by atoms with Crippen molar-refractivity contribution < 1.29 is 44.7 Å². The van der Waals surface area contributed by atoms with Crippen LogP contribution in [0.2, 0.25) is 0 Å². The normalized spacial score (nSPS) is 13.9. The first-order valence-corrected chi connectivity index (χ1v) is 14.5. The Hall–Kier alpha value is -4.31. The Morgan fingerprint density at radius 2 is 1.07 bits per heavy atom. The highest BCUT2D eigenvalue weighted by Crippen LogP contribution is 2.45. The van der Waals surface area contributed by atoms with Gasteiger partial charge in [-0.05, 0) is 102 Å². The Labute approximate surface area is 265 Å². The molecule has 0 spiro atoms. The van der Waals surface area contributed by atoms with Crippen LogP contribution in [0.3, 0.4) is 0 Å². The molecule has 2 aliphatic rings. The van der Waals surface area contributed by atoms with E-state index in [1.165, 1.54) is 0 Å². The maximum Gasteiger partial charge on any atom is 0.166 e. The number of fused-ring (bicyclic) bond motifs is 4. The molecule has 0 unspecified atom stereocenters. The fourth-order valence-corrected chi connectivity index (χ4v) is 6.94. The van der Waals surface area contributed by atoms with E-state index in [0.29, 0.717) is 88.1 Å². The van der Waals surface area contributed by atoms with Crippen LogP contribution in [0.25, 0.3) is 21.5 Å². The molecule has 0 atom stereocenters. The van der Waals surface area contributed by atoms with Gasteiger partial charge in [0.1, 0.15) is 17.2 Å². The first-order chi connectivity index (χ1) is 21.0. The molecule has 0 heterocycles. The van der Waals surface area contributed by atoms with Gasteiger partial charge in [-0.3, -0.25) is 19.2 Å². The Bertz CT molecular complexity index is 1780. The Kier molecular flexibility index (Phi) is 9.68. The maximum atomic E-state index is 12.2. The van der Waals surface area contributed by atoms with E-state index >= 15 is 0 Å². The Morgan fingerprint density at radius 1 is 0.644 bits per heavy atom. The highest BCUT2D eigenvalue weighted by molar-refractivity contribution is 6.12. The summed E-state index contributed by atoms with van der Waals surface area (Å²) in [6.45, 7) is 4.78. The summed E-state index contributed by atoms with van der Waals surface area (Å²) in [4.78, 5) is 46.9. The molecular formula is C35H35ClO9. The minimum atomic E-state index is -0.349. The average molecular weight is 635 g/mol. The number of phenols is 3. The van der Waals surface area contributed by atoms with Crippen molar-refractivity contribution in [3.63, 3.8) is 0 Å². The highest BCUT2D eigenvalue weighted by Gasteiger charge is 2.30. The Morgan fingerprint density at radius 3 is 1.51 bits per heavy atom. The number of ketones is 2. The molecule has 0 fully saturated rings. The van der Waals surface area contributed by atoms with Crippen LogP contribution in [0.15, 0.2) is 12.1 Å². The molecule has 236 valence electrons. The molecule has 0 amide bonds. The van der Waals surface area contributed by atoms with E-state index in [4.69, 9.17) is 0 Å². The third-order valence-electron chi connectivity index (χ3n) is 9.08. The number of phenolic OH excluding ortho intramolecular Hbond substituents is 3. The van der Waals surface area contributed by atoms with Crippen LogP contribution in [0.4, 0.5) is 0 Å². The smallest absolute Gasteiger partial charge is 0.166 e. The van der Waals surface area contributed by atoms with Gasteiger partial charge in [0.25, 0.3) is 0 Å². The number of halogens is 1. The van der Waals surface area contributed by atoms with Crippen LogP contribution < -0.4 is 0 Å². The molecule has 45 heavy (non-hydrogen) atoms. The van der Waals surface area contributed by atoms with Crippen molar-refractivity contribution in [1.82, 2.24) is 0 Å². The summed E-state index contributed by atoms with van der Waals surface area (Å²) < 4.78 is 0. The minimum Gasteiger partial charge on any atom is -0.507 e. The van der Waals surface area contributed by atoms with Crippen LogP contribution in [-0.2, 0) is 26.1 Å². The van der Waals surface area contributed by atoms with E-state index in [9.17, 15) is 44.7 Å². The number of hydrogen-bond donors (Lipinski definition) is 5. The zero-order chi connectivity index (χ0) is 32.0. The van der Waals surface area contributed by atoms with Crippen LogP contribution in [0.1, 0.15) is 106 Å². The molecule has 0 aromatic heterocycles. The first kappa shape index (κ1) is 33.6. The van der Waals surface area contributed by atoms with Crippen molar-refractivity contribution in [2.45, 2.75) is 72.5 Å². The quantitative estimate of drug-likeness (QED) is 0.174. The molecule has 6 rings (SSSR count). The molecule has 0 aliphatic heterocycles. The number of carbonyl (C=O) groups excluding carboxylic acids is 4. The van der Waals surface area contributed by atoms with E-state index < -0.39 is 0 Å². The molecule has 9 nitrogen and oxygen atoms in total. The summed E-state index contributed by atoms with van der Waals surface area (Å²) in [5, 5.41) is 52.8. The van der Waals surface area contributed by atoms with Gasteiger partial charge >= 0.3 is 0 Å². The topological polar surface area (TPSA) is 169 Å². The van der Waals surface area contributed by atoms with E-state index in [1.807, 2.05) is 13.0 Å². The predicted octanol–water partition coefficient (Wildman–Crippen LogP) is 5.79. The van der Waals surface area contributed by atoms with Crippen molar-refractivity contribution in [1.29, 1.82) is 0 Å². The maximum absolute atomic E-state index is 12.2. The number of benzene rings is 4. The molecule has 5 N–H and O–H groups in total. The van der Waals surface area contributed by atoms with Gasteiger partial charge in [-0.1, -0.05) is 6.07 Å². The summed E-state index contributed by atoms with van der Waals surface area (Å²) in [6, 6.07) is 3.47. The standard InChI is InChI=1S/C18H18O4.C17H16O5.ClH/c1-9-6-12-14(8-20)11-4-3-5-15(21)17(11)18(22)16(12)10(2)13(9)7-19;1-8-5-10-12(7-19)9-3-2-4-13(20)14(9)17(22)15(10)16(21)11(8)6-18;/h6-7,20,22H,3-5,8H2,1-2H3;5-6,19,21-22H,2-4,7H2,1H3;1H. The number of rotatable bonds is 4. The molecule has 4 aromatic carbocycles. The lowest BCUT2D eigenvalue weighted by Crippen LogP contribution is -2.15. The van der Waals surface area contributed by atoms with E-state index in [1.54, 1.807) is 19.9 Å². The summed E-state index contributed by atoms with van der Waals surface area (Å²) >= 11 is 0. The Balaban J connectivity index is 0.000000200. The number of hydrogen-bond acceptors (Lipinski definition) is 9. The van der Waals surface area contributed by atoms with Gasteiger partial charge in [0.2, 0.25) is 0 Å². The first-order valence-electron chi connectivity index (χ1n) is 14.5. The van der Waals surface area contributed by atoms with Crippen molar-refractivity contribution in [2.24, 2.45) is 0 Å². The minimum absolute atomic E-state index is 0. The van der Waals surface area contributed by atoms with E-state index in [-0.39, 0.29) is 70.9 Å². The molecule has 0 saturated carbocycles. The van der Waals surface area contributed by atoms with Crippen LogP contribution >= 0.6 is 12.4 Å². The van der Waals surface area contributed by atoms with Gasteiger partial charge in [0.05, 0.1) is 35.3 Å². The van der Waals surface area contributed by atoms with E-state index in [2.05, 4.69) is 0 Å². The van der Waals surface area contributed by atoms with Crippen LogP contribution in [0.5, 0.6) is 17.2 Å². The summed E-state index contributed by atoms with van der Waals surface area (Å²) in [6.07, 6.45) is 4.68. The highest BCUT2D eigenvalue weighted by atomic mass is 35.5. The van der Waals surface area contributed by atoms with Crippen molar-refractivity contribution >= 4 is 58.1 Å². The number of carbonyl (C=O) groups is 4. The summed E-state index contributed by atoms with van der Waals surface area (Å²) in [7, 11) is 0. The predicted molar refractivity (Wildman–Crippen MR) is 172 cm³/mol. The summed E-state index contributed by atoms with van der Waals surface area (Å²) in [5.74, 6) is -0.996. The van der Waals surface area contributed by atoms with Gasteiger partial charge in [-0.2, -0.15) is 0 Å².